The topological polar surface area (TPSA) is 39.5 Å². The van der Waals surface area contributed by atoms with Gasteiger partial charge in [-0.2, -0.15) is 5.26 Å². The largest absolute Gasteiger partial charge is 0.543 e. The second-order valence-electron chi connectivity index (χ2n) is 11.4. The summed E-state index contributed by atoms with van der Waals surface area (Å²) in [4.78, 5) is 5.12. The van der Waals surface area contributed by atoms with Crippen molar-refractivity contribution in [2.75, 3.05) is 26.2 Å². The molecule has 5 heteroatoms. The predicted octanol–water partition coefficient (Wildman–Crippen LogP) is 6.85. The highest BCUT2D eigenvalue weighted by Gasteiger charge is 2.39. The Kier molecular flexibility index (Phi) is 7.99. The Balaban J connectivity index is 1.58. The van der Waals surface area contributed by atoms with E-state index in [0.717, 1.165) is 38.5 Å². The summed E-state index contributed by atoms with van der Waals surface area (Å²) in [7, 11) is -1.94. The van der Waals surface area contributed by atoms with Gasteiger partial charge in [0.25, 0.3) is 0 Å². The van der Waals surface area contributed by atoms with Crippen LogP contribution in [0.5, 0.6) is 5.75 Å². The van der Waals surface area contributed by atoms with Crippen LogP contribution in [0.2, 0.25) is 18.1 Å². The first kappa shape index (κ1) is 26.2. The number of hydrogen-bond acceptors (Lipinski definition) is 4. The van der Waals surface area contributed by atoms with E-state index in [1.54, 1.807) is 0 Å². The van der Waals surface area contributed by atoms with Crippen molar-refractivity contribution in [2.45, 2.75) is 51.5 Å². The van der Waals surface area contributed by atoms with Gasteiger partial charge in [0.1, 0.15) is 5.75 Å². The molecule has 36 heavy (non-hydrogen) atoms. The van der Waals surface area contributed by atoms with Crippen LogP contribution < -0.4 is 4.43 Å². The average molecular weight is 498 g/mol. The van der Waals surface area contributed by atoms with Crippen LogP contribution in [0.15, 0.2) is 78.9 Å². The van der Waals surface area contributed by atoms with Crippen molar-refractivity contribution < 1.29 is 4.43 Å². The summed E-state index contributed by atoms with van der Waals surface area (Å²) < 4.78 is 6.67. The molecule has 188 valence electrons. The minimum Gasteiger partial charge on any atom is -0.543 e. The van der Waals surface area contributed by atoms with E-state index >= 15 is 0 Å². The van der Waals surface area contributed by atoms with Gasteiger partial charge in [-0.15, -0.1) is 0 Å². The minimum atomic E-state index is -1.94. The number of nitrogens with zero attached hydrogens (tertiary/aromatic N) is 3. The Morgan fingerprint density at radius 1 is 0.861 bits per heavy atom. The first-order valence-corrected chi connectivity index (χ1v) is 15.9. The van der Waals surface area contributed by atoms with Gasteiger partial charge < -0.3 is 4.43 Å². The normalized spacial score (nSPS) is 16.3. The molecular weight excluding hydrogens is 458 g/mol. The zero-order chi connectivity index (χ0) is 25.8. The zero-order valence-electron chi connectivity index (χ0n) is 22.4. The fourth-order valence-corrected chi connectivity index (χ4v) is 5.59. The maximum absolute atomic E-state index is 9.31. The van der Waals surface area contributed by atoms with Crippen LogP contribution in [0.1, 0.15) is 49.1 Å². The molecule has 1 saturated heterocycles. The minimum absolute atomic E-state index is 0.125. The smallest absolute Gasteiger partial charge is 0.250 e. The molecule has 1 aliphatic heterocycles. The maximum Gasteiger partial charge on any atom is 0.250 e. The van der Waals surface area contributed by atoms with Crippen LogP contribution >= 0.6 is 0 Å². The van der Waals surface area contributed by atoms with Gasteiger partial charge in [0.2, 0.25) is 8.32 Å². The second kappa shape index (κ2) is 11.0. The Hall–Kier alpha value is -2.91. The molecule has 3 aromatic rings. The summed E-state index contributed by atoms with van der Waals surface area (Å²) in [6.07, 6.45) is 0. The number of nitriles is 1. The third-order valence-corrected chi connectivity index (χ3v) is 12.1. The van der Waals surface area contributed by atoms with Gasteiger partial charge in [0, 0.05) is 32.7 Å². The number of piperazine rings is 1. The Morgan fingerprint density at radius 2 is 1.53 bits per heavy atom. The number of benzene rings is 3. The van der Waals surface area contributed by atoms with Gasteiger partial charge in [-0.1, -0.05) is 75.4 Å². The van der Waals surface area contributed by atoms with Crippen LogP contribution in [0.25, 0.3) is 0 Å². The predicted molar refractivity (Wildman–Crippen MR) is 151 cm³/mol. The van der Waals surface area contributed by atoms with Crippen molar-refractivity contribution in [3.05, 3.63) is 101 Å². The fraction of sp³-hybridized carbons (Fsp3) is 0.387. The van der Waals surface area contributed by atoms with E-state index in [1.807, 2.05) is 12.1 Å². The molecule has 4 rings (SSSR count). The van der Waals surface area contributed by atoms with Gasteiger partial charge in [-0.25, -0.2) is 0 Å². The summed E-state index contributed by atoms with van der Waals surface area (Å²) in [5, 5.41) is 9.46. The number of hydrogen-bond donors (Lipinski definition) is 0. The summed E-state index contributed by atoms with van der Waals surface area (Å²) >= 11 is 0. The molecule has 1 heterocycles. The van der Waals surface area contributed by atoms with Gasteiger partial charge >= 0.3 is 0 Å². The second-order valence-corrected chi connectivity index (χ2v) is 16.1. The first-order valence-electron chi connectivity index (χ1n) is 13.0. The lowest BCUT2D eigenvalue weighted by molar-refractivity contribution is 0.105. The van der Waals surface area contributed by atoms with Crippen molar-refractivity contribution in [3.63, 3.8) is 0 Å². The van der Waals surface area contributed by atoms with Crippen molar-refractivity contribution in [3.8, 4) is 11.8 Å². The Bertz CT molecular complexity index is 1170. The van der Waals surface area contributed by atoms with Crippen LogP contribution in [-0.2, 0) is 6.54 Å². The quantitative estimate of drug-likeness (QED) is 0.335. The Morgan fingerprint density at radius 3 is 2.14 bits per heavy atom. The third-order valence-electron chi connectivity index (χ3n) is 7.73. The van der Waals surface area contributed by atoms with E-state index in [4.69, 9.17) is 4.43 Å². The molecule has 0 bridgehead atoms. The highest BCUT2D eigenvalue weighted by Crippen LogP contribution is 2.38. The third kappa shape index (κ3) is 6.25. The van der Waals surface area contributed by atoms with Crippen molar-refractivity contribution >= 4 is 8.32 Å². The molecule has 0 aliphatic carbocycles. The van der Waals surface area contributed by atoms with Gasteiger partial charge in [-0.3, -0.25) is 9.80 Å². The molecule has 0 radical (unpaired) electrons. The first-order chi connectivity index (χ1) is 17.2. The van der Waals surface area contributed by atoms with E-state index < -0.39 is 8.32 Å². The molecule has 4 nitrogen and oxygen atoms in total. The molecule has 1 atom stereocenters. The van der Waals surface area contributed by atoms with Crippen molar-refractivity contribution in [1.82, 2.24) is 9.80 Å². The standard InChI is InChI=1S/C31H39N3OSi/c1-31(2,3)36(4,5)35-29-13-9-12-28(22-29)30(27-16-14-25(23-32)15-17-27)34-20-18-33(19-21-34)24-26-10-7-6-8-11-26/h6-17,22,30H,18-21,24H2,1-5H3/t30-/m0/s1. The SMILES string of the molecule is CC(C)(C)[Si](C)(C)Oc1cccc([C@H](c2ccc(C#N)cc2)N2CCN(Cc3ccccc3)CC2)c1. The lowest BCUT2D eigenvalue weighted by Gasteiger charge is -2.40. The van der Waals surface area contributed by atoms with E-state index in [2.05, 4.69) is 116 Å². The molecule has 0 aromatic heterocycles. The lowest BCUT2D eigenvalue weighted by Crippen LogP contribution is -2.47. The molecule has 3 aromatic carbocycles. The van der Waals surface area contributed by atoms with Crippen LogP contribution in [-0.4, -0.2) is 44.3 Å². The highest BCUT2D eigenvalue weighted by molar-refractivity contribution is 6.74. The van der Waals surface area contributed by atoms with Gasteiger partial charge in [-0.05, 0) is 59.1 Å². The molecular formula is C31H39N3OSi. The maximum atomic E-state index is 9.31. The molecule has 0 amide bonds. The van der Waals surface area contributed by atoms with Crippen molar-refractivity contribution in [2.24, 2.45) is 0 Å². The summed E-state index contributed by atoms with van der Waals surface area (Å²) in [6, 6.07) is 29.9. The average Bonchev–Trinajstić information content (AvgIpc) is 2.86. The van der Waals surface area contributed by atoms with Crippen LogP contribution in [0.3, 0.4) is 0 Å². The van der Waals surface area contributed by atoms with E-state index in [1.165, 1.54) is 16.7 Å². The molecule has 1 aliphatic rings. The fourth-order valence-electron chi connectivity index (χ4n) is 4.57. The van der Waals surface area contributed by atoms with Crippen molar-refractivity contribution in [1.29, 1.82) is 5.26 Å². The molecule has 0 unspecified atom stereocenters. The van der Waals surface area contributed by atoms with E-state index in [9.17, 15) is 5.26 Å². The lowest BCUT2D eigenvalue weighted by atomic mass is 9.95. The molecule has 0 spiro atoms. The molecule has 0 saturated carbocycles. The monoisotopic (exact) mass is 497 g/mol. The zero-order valence-corrected chi connectivity index (χ0v) is 23.4. The summed E-state index contributed by atoms with van der Waals surface area (Å²) in [5.41, 5.74) is 4.52. The van der Waals surface area contributed by atoms with E-state index in [0.29, 0.717) is 5.56 Å². The van der Waals surface area contributed by atoms with Gasteiger partial charge in [0.15, 0.2) is 0 Å². The molecule has 1 fully saturated rings. The van der Waals surface area contributed by atoms with Crippen LogP contribution in [0.4, 0.5) is 0 Å². The Labute approximate surface area is 218 Å². The van der Waals surface area contributed by atoms with E-state index in [-0.39, 0.29) is 11.1 Å². The highest BCUT2D eigenvalue weighted by atomic mass is 28.4. The van der Waals surface area contributed by atoms with Gasteiger partial charge in [0.05, 0.1) is 17.7 Å². The molecule has 0 N–H and O–H groups in total. The summed E-state index contributed by atoms with van der Waals surface area (Å²) in [5.74, 6) is 0.959. The van der Waals surface area contributed by atoms with Crippen LogP contribution in [0, 0.1) is 11.3 Å². The summed E-state index contributed by atoms with van der Waals surface area (Å²) in [6.45, 7) is 16.4. The number of rotatable bonds is 7.